The topological polar surface area (TPSA) is 20.3 Å². The molecule has 2 heteroatoms. The van der Waals surface area contributed by atoms with Crippen LogP contribution in [0, 0.1) is 16.7 Å². The van der Waals surface area contributed by atoms with Gasteiger partial charge in [-0.25, -0.2) is 0 Å². The quantitative estimate of drug-likeness (QED) is 0.660. The molecule has 3 rings (SSSR count). The van der Waals surface area contributed by atoms with Crippen molar-refractivity contribution in [2.45, 2.75) is 39.5 Å². The van der Waals surface area contributed by atoms with Crippen LogP contribution in [-0.4, -0.2) is 31.3 Å². The average Bonchev–Trinajstić information content (AvgIpc) is 2.07. The first kappa shape index (κ1) is 12.8. The molecule has 3 saturated carbocycles. The van der Waals surface area contributed by atoms with Crippen molar-refractivity contribution in [2.75, 3.05) is 20.6 Å². The fourth-order valence-corrected chi connectivity index (χ4v) is 3.71. The first-order valence-corrected chi connectivity index (χ1v) is 6.72. The van der Waals surface area contributed by atoms with E-state index in [9.17, 15) is 4.79 Å². The Kier molecular flexibility index (Phi) is 3.19. The molecule has 2 nitrogen and oxygen atoms in total. The Morgan fingerprint density at radius 3 is 2.35 bits per heavy atom. The van der Waals surface area contributed by atoms with Crippen molar-refractivity contribution in [3.05, 3.63) is 12.2 Å². The maximum atomic E-state index is 11.8. The highest BCUT2D eigenvalue weighted by Gasteiger charge is 2.68. The van der Waals surface area contributed by atoms with E-state index in [1.54, 1.807) is 6.08 Å². The second-order valence-corrected chi connectivity index (χ2v) is 6.86. The predicted octanol–water partition coefficient (Wildman–Crippen LogP) is 2.89. The molecule has 0 amide bonds. The Labute approximate surface area is 105 Å². The number of carbonyl (C=O) groups excluding carboxylic acids is 1. The Bertz CT molecular complexity index is 321. The summed E-state index contributed by atoms with van der Waals surface area (Å²) in [5, 5.41) is 0. The van der Waals surface area contributed by atoms with E-state index in [1.807, 2.05) is 20.2 Å². The van der Waals surface area contributed by atoms with Crippen molar-refractivity contribution in [1.82, 2.24) is 4.90 Å². The van der Waals surface area contributed by atoms with E-state index in [0.29, 0.717) is 16.6 Å². The van der Waals surface area contributed by atoms with Gasteiger partial charge in [0.15, 0.2) is 5.78 Å². The lowest BCUT2D eigenvalue weighted by Gasteiger charge is -2.73. The van der Waals surface area contributed by atoms with Crippen molar-refractivity contribution in [3.63, 3.8) is 0 Å². The van der Waals surface area contributed by atoms with Crippen LogP contribution < -0.4 is 0 Å². The van der Waals surface area contributed by atoms with Gasteiger partial charge in [0.1, 0.15) is 0 Å². The van der Waals surface area contributed by atoms with Gasteiger partial charge in [0.25, 0.3) is 0 Å². The summed E-state index contributed by atoms with van der Waals surface area (Å²) in [6.07, 6.45) is 8.43. The predicted molar refractivity (Wildman–Crippen MR) is 70.9 cm³/mol. The van der Waals surface area contributed by atoms with Crippen LogP contribution in [0.25, 0.3) is 0 Å². The highest BCUT2D eigenvalue weighted by molar-refractivity contribution is 5.90. The molecule has 0 N–H and O–H groups in total. The van der Waals surface area contributed by atoms with Gasteiger partial charge in [-0.2, -0.15) is 0 Å². The van der Waals surface area contributed by atoms with Gasteiger partial charge in [0.05, 0.1) is 0 Å². The Hall–Kier alpha value is -0.630. The number of hydrogen-bond donors (Lipinski definition) is 0. The van der Waals surface area contributed by atoms with Crippen LogP contribution in [0.2, 0.25) is 0 Å². The van der Waals surface area contributed by atoms with E-state index in [0.717, 1.165) is 18.9 Å². The third kappa shape index (κ3) is 2.33. The van der Waals surface area contributed by atoms with E-state index in [1.165, 1.54) is 19.3 Å². The van der Waals surface area contributed by atoms with E-state index in [4.69, 9.17) is 0 Å². The van der Waals surface area contributed by atoms with Crippen LogP contribution >= 0.6 is 0 Å². The smallest absolute Gasteiger partial charge is 0.155 e. The number of likely N-dealkylation sites (N-methyl/N-ethyl adjacent to an activating group) is 1. The molecular formula is C15H25NO. The molecule has 0 aromatic heterocycles. The molecule has 0 radical (unpaired) electrons. The van der Waals surface area contributed by atoms with Crippen molar-refractivity contribution in [3.8, 4) is 0 Å². The Morgan fingerprint density at radius 1 is 1.29 bits per heavy atom. The maximum Gasteiger partial charge on any atom is 0.155 e. The fourth-order valence-electron chi connectivity index (χ4n) is 3.71. The minimum atomic E-state index is 0.323. The molecule has 0 heterocycles. The minimum absolute atomic E-state index is 0.323. The average molecular weight is 235 g/mol. The number of rotatable bonds is 6. The molecule has 96 valence electrons. The van der Waals surface area contributed by atoms with Crippen molar-refractivity contribution < 1.29 is 4.79 Å². The van der Waals surface area contributed by atoms with Crippen LogP contribution in [0.4, 0.5) is 0 Å². The van der Waals surface area contributed by atoms with Crippen molar-refractivity contribution in [1.29, 1.82) is 0 Å². The Morgan fingerprint density at radius 2 is 1.88 bits per heavy atom. The van der Waals surface area contributed by atoms with Gasteiger partial charge in [0.2, 0.25) is 0 Å². The minimum Gasteiger partial charge on any atom is -0.306 e. The van der Waals surface area contributed by atoms with Crippen LogP contribution in [0.3, 0.4) is 0 Å². The number of hydrogen-bond acceptors (Lipinski definition) is 2. The molecule has 17 heavy (non-hydrogen) atoms. The lowest BCUT2D eigenvalue weighted by atomic mass is 9.31. The monoisotopic (exact) mass is 235 g/mol. The number of nitrogens with zero attached hydrogens (tertiary/aromatic N) is 1. The molecule has 0 aromatic rings. The lowest BCUT2D eigenvalue weighted by Crippen LogP contribution is -2.64. The number of ketones is 1. The SMILES string of the molecule is CC(C)C12CC(CC(=O)/C=C/CN(C)C)(C1)C2. The zero-order valence-corrected chi connectivity index (χ0v) is 11.6. The van der Waals surface area contributed by atoms with Crippen LogP contribution in [0.5, 0.6) is 0 Å². The van der Waals surface area contributed by atoms with E-state index in [2.05, 4.69) is 18.7 Å². The molecule has 0 unspecified atom stereocenters. The third-order valence-corrected chi connectivity index (χ3v) is 4.73. The van der Waals surface area contributed by atoms with Gasteiger partial charge >= 0.3 is 0 Å². The summed E-state index contributed by atoms with van der Waals surface area (Å²) in [5.74, 6) is 1.12. The molecule has 3 aliphatic carbocycles. The van der Waals surface area contributed by atoms with E-state index < -0.39 is 0 Å². The van der Waals surface area contributed by atoms with Crippen LogP contribution in [0.15, 0.2) is 12.2 Å². The van der Waals surface area contributed by atoms with E-state index in [-0.39, 0.29) is 0 Å². The molecule has 3 fully saturated rings. The molecule has 0 atom stereocenters. The van der Waals surface area contributed by atoms with Gasteiger partial charge in [-0.1, -0.05) is 19.9 Å². The third-order valence-electron chi connectivity index (χ3n) is 4.73. The lowest BCUT2D eigenvalue weighted by molar-refractivity contribution is -0.229. The molecule has 0 spiro atoms. The molecular weight excluding hydrogens is 210 g/mol. The number of allylic oxidation sites excluding steroid dienone is 1. The van der Waals surface area contributed by atoms with E-state index >= 15 is 0 Å². The first-order valence-electron chi connectivity index (χ1n) is 6.72. The maximum absolute atomic E-state index is 11.8. The summed E-state index contributed by atoms with van der Waals surface area (Å²) in [5.41, 5.74) is 1.03. The fraction of sp³-hybridized carbons (Fsp3) is 0.800. The van der Waals surface area contributed by atoms with Crippen LogP contribution in [0.1, 0.15) is 39.5 Å². The van der Waals surface area contributed by atoms with Gasteiger partial charge in [-0.3, -0.25) is 4.79 Å². The summed E-state index contributed by atoms with van der Waals surface area (Å²) in [4.78, 5) is 13.9. The van der Waals surface area contributed by atoms with Crippen LogP contribution in [-0.2, 0) is 4.79 Å². The summed E-state index contributed by atoms with van der Waals surface area (Å²) >= 11 is 0. The number of carbonyl (C=O) groups is 1. The Balaban J connectivity index is 1.74. The van der Waals surface area contributed by atoms with Gasteiger partial charge in [-0.15, -0.1) is 0 Å². The largest absolute Gasteiger partial charge is 0.306 e. The second-order valence-electron chi connectivity index (χ2n) is 6.86. The zero-order chi connectivity index (χ0) is 12.7. The van der Waals surface area contributed by atoms with Gasteiger partial charge < -0.3 is 4.90 Å². The summed E-state index contributed by atoms with van der Waals surface area (Å²) in [7, 11) is 4.03. The standard InChI is InChI=1S/C15H25NO/c1-12(2)15-9-14(10-15,11-15)8-13(17)6-5-7-16(3)4/h5-6,12H,7-11H2,1-4H3/b6-5+. The highest BCUT2D eigenvalue weighted by atomic mass is 16.1. The first-order chi connectivity index (χ1) is 7.88. The molecule has 0 saturated heterocycles. The molecule has 0 aromatic carbocycles. The van der Waals surface area contributed by atoms with Gasteiger partial charge in [0, 0.05) is 13.0 Å². The summed E-state index contributed by atoms with van der Waals surface area (Å²) in [6.45, 7) is 5.50. The van der Waals surface area contributed by atoms with Crippen molar-refractivity contribution >= 4 is 5.78 Å². The summed E-state index contributed by atoms with van der Waals surface area (Å²) < 4.78 is 0. The molecule has 3 aliphatic rings. The highest BCUT2D eigenvalue weighted by Crippen LogP contribution is 2.77. The van der Waals surface area contributed by atoms with Crippen molar-refractivity contribution in [2.24, 2.45) is 16.7 Å². The molecule has 2 bridgehead atoms. The molecule has 0 aliphatic heterocycles. The zero-order valence-electron chi connectivity index (χ0n) is 11.6. The summed E-state index contributed by atoms with van der Waals surface area (Å²) in [6, 6.07) is 0. The normalized spacial score (nSPS) is 35.2. The second kappa shape index (κ2) is 4.24. The van der Waals surface area contributed by atoms with Gasteiger partial charge in [-0.05, 0) is 56.2 Å².